The number of ether oxygens (including phenoxy) is 2. The van der Waals surface area contributed by atoms with Gasteiger partial charge in [0.1, 0.15) is 6.10 Å². The maximum Gasteiger partial charge on any atom is 0.253 e. The Morgan fingerprint density at radius 1 is 1.00 bits per heavy atom. The Morgan fingerprint density at radius 2 is 1.71 bits per heavy atom. The third-order valence-corrected chi connectivity index (χ3v) is 6.44. The fraction of sp³-hybridized carbons (Fsp3) is 0.375. The number of carbonyl (C=O) groups is 1. The lowest BCUT2D eigenvalue weighted by molar-refractivity contribution is -0.0240. The summed E-state index contributed by atoms with van der Waals surface area (Å²) < 4.78 is 11.5. The van der Waals surface area contributed by atoms with E-state index in [2.05, 4.69) is 9.97 Å². The highest BCUT2D eigenvalue weighted by atomic mass is 16.5. The van der Waals surface area contributed by atoms with Crippen molar-refractivity contribution < 1.29 is 19.4 Å². The third-order valence-electron chi connectivity index (χ3n) is 6.44. The Morgan fingerprint density at radius 3 is 2.48 bits per heavy atom. The molecular weight excluding hydrogens is 394 g/mol. The molecule has 4 atom stereocenters. The lowest BCUT2D eigenvalue weighted by Gasteiger charge is -2.35. The Hall–Kier alpha value is -3.19. The molecule has 0 spiro atoms. The number of fused-ring (bicyclic) bond motifs is 2. The molecule has 2 fully saturated rings. The Bertz CT molecular complexity index is 1100. The minimum atomic E-state index is -0.572. The highest BCUT2D eigenvalue weighted by molar-refractivity contribution is 5.97. The van der Waals surface area contributed by atoms with Gasteiger partial charge in [-0.05, 0) is 55.0 Å². The molecule has 7 nitrogen and oxygen atoms in total. The van der Waals surface area contributed by atoms with Gasteiger partial charge in [-0.15, -0.1) is 0 Å². The second-order valence-electron chi connectivity index (χ2n) is 8.34. The van der Waals surface area contributed by atoms with Crippen LogP contribution in [0.15, 0.2) is 54.9 Å². The lowest BCUT2D eigenvalue weighted by atomic mass is 9.78. The zero-order valence-corrected chi connectivity index (χ0v) is 17.3. The summed E-state index contributed by atoms with van der Waals surface area (Å²) in [5, 5.41) is 10.7. The predicted octanol–water partition coefficient (Wildman–Crippen LogP) is 2.93. The van der Waals surface area contributed by atoms with Crippen LogP contribution in [-0.4, -0.2) is 58.3 Å². The van der Waals surface area contributed by atoms with Gasteiger partial charge in [-0.3, -0.25) is 14.8 Å². The fourth-order valence-corrected chi connectivity index (χ4v) is 4.84. The number of methoxy groups -OCH3 is 1. The number of carbonyl (C=O) groups excluding carboxylic acids is 1. The average Bonchev–Trinajstić information content (AvgIpc) is 3.21. The molecule has 0 radical (unpaired) electrons. The van der Waals surface area contributed by atoms with Gasteiger partial charge in [0, 0.05) is 31.0 Å². The number of nitrogens with zero attached hydrogens (tertiary/aromatic N) is 3. The molecular formula is C24H25N3O4. The number of rotatable bonds is 4. The number of likely N-dealkylation sites (tertiary alicyclic amines) is 1. The van der Waals surface area contributed by atoms with Gasteiger partial charge in [-0.1, -0.05) is 12.1 Å². The SMILES string of the molecule is COc1ccccc1O[C@@H]1C[C@@H]2CN(C(=O)c3ccc4nccnc4c3)C[C@@H]2C[C@H]1O. The van der Waals surface area contributed by atoms with Gasteiger partial charge in [-0.2, -0.15) is 0 Å². The Labute approximate surface area is 180 Å². The van der Waals surface area contributed by atoms with E-state index >= 15 is 0 Å². The zero-order valence-electron chi connectivity index (χ0n) is 17.3. The van der Waals surface area contributed by atoms with Gasteiger partial charge in [0.2, 0.25) is 0 Å². The van der Waals surface area contributed by atoms with Crippen molar-refractivity contribution in [3.8, 4) is 11.5 Å². The van der Waals surface area contributed by atoms with Crippen molar-refractivity contribution in [2.45, 2.75) is 25.0 Å². The van der Waals surface area contributed by atoms with Crippen LogP contribution >= 0.6 is 0 Å². The second-order valence-corrected chi connectivity index (χ2v) is 8.34. The summed E-state index contributed by atoms with van der Waals surface area (Å²) in [4.78, 5) is 23.6. The van der Waals surface area contributed by atoms with E-state index in [0.29, 0.717) is 54.4 Å². The van der Waals surface area contributed by atoms with Gasteiger partial charge in [0.15, 0.2) is 11.5 Å². The molecule has 1 aliphatic carbocycles. The van der Waals surface area contributed by atoms with Crippen LogP contribution in [-0.2, 0) is 0 Å². The largest absolute Gasteiger partial charge is 0.493 e. The van der Waals surface area contributed by atoms with E-state index in [0.717, 1.165) is 5.52 Å². The Balaban J connectivity index is 1.29. The van der Waals surface area contributed by atoms with E-state index in [9.17, 15) is 9.90 Å². The average molecular weight is 419 g/mol. The number of hydrogen-bond donors (Lipinski definition) is 1. The molecule has 1 aromatic heterocycles. The fourth-order valence-electron chi connectivity index (χ4n) is 4.84. The summed E-state index contributed by atoms with van der Waals surface area (Å²) in [5.74, 6) is 1.86. The summed E-state index contributed by atoms with van der Waals surface area (Å²) in [6, 6.07) is 12.9. The molecule has 1 amide bonds. The molecule has 3 aromatic rings. The number of aromatic nitrogens is 2. The summed E-state index contributed by atoms with van der Waals surface area (Å²) in [7, 11) is 1.61. The van der Waals surface area contributed by atoms with Crippen molar-refractivity contribution >= 4 is 16.9 Å². The highest BCUT2D eigenvalue weighted by Gasteiger charge is 2.44. The normalized spacial score (nSPS) is 25.3. The number of amides is 1. The first-order valence-corrected chi connectivity index (χ1v) is 10.6. The standard InChI is InChI=1S/C24H25N3O4/c1-30-21-4-2-3-5-22(21)31-23-12-17-14-27(13-16(17)11-20(23)28)24(29)15-6-7-18-19(10-15)26-9-8-25-18/h2-10,16-17,20,23,28H,11-14H2,1H3/t16-,17+,20+,23+/m0/s1. The Kier molecular flexibility index (Phi) is 5.19. The number of benzene rings is 2. The van der Waals surface area contributed by atoms with E-state index in [1.165, 1.54) is 0 Å². The molecule has 0 bridgehead atoms. The molecule has 2 aliphatic rings. The maximum absolute atomic E-state index is 13.1. The second kappa shape index (κ2) is 8.15. The van der Waals surface area contributed by atoms with E-state index in [1.807, 2.05) is 41.3 Å². The van der Waals surface area contributed by atoms with Gasteiger partial charge in [0.05, 0.1) is 24.2 Å². The monoisotopic (exact) mass is 419 g/mol. The van der Waals surface area contributed by atoms with Crippen molar-refractivity contribution in [2.75, 3.05) is 20.2 Å². The summed E-state index contributed by atoms with van der Waals surface area (Å²) in [6.45, 7) is 1.32. The molecule has 2 heterocycles. The van der Waals surface area contributed by atoms with Crippen molar-refractivity contribution in [3.05, 3.63) is 60.4 Å². The van der Waals surface area contributed by atoms with E-state index in [1.54, 1.807) is 25.6 Å². The van der Waals surface area contributed by atoms with E-state index in [4.69, 9.17) is 9.47 Å². The highest BCUT2D eigenvalue weighted by Crippen LogP contribution is 2.39. The van der Waals surface area contributed by atoms with E-state index in [-0.39, 0.29) is 17.9 Å². The first-order chi connectivity index (χ1) is 15.1. The first-order valence-electron chi connectivity index (χ1n) is 10.6. The lowest BCUT2D eigenvalue weighted by Crippen LogP contribution is -2.42. The summed E-state index contributed by atoms with van der Waals surface area (Å²) in [6.07, 6.45) is 3.71. The zero-order chi connectivity index (χ0) is 21.4. The number of hydrogen-bond acceptors (Lipinski definition) is 6. The molecule has 7 heteroatoms. The van der Waals surface area contributed by atoms with Crippen molar-refractivity contribution in [3.63, 3.8) is 0 Å². The maximum atomic E-state index is 13.1. The van der Waals surface area contributed by atoms with Crippen LogP contribution in [0.4, 0.5) is 0 Å². The topological polar surface area (TPSA) is 84.8 Å². The molecule has 1 aliphatic heterocycles. The van der Waals surface area contributed by atoms with Crippen LogP contribution in [0.1, 0.15) is 23.2 Å². The van der Waals surface area contributed by atoms with Gasteiger partial charge in [-0.25, -0.2) is 0 Å². The third kappa shape index (κ3) is 3.81. The molecule has 5 rings (SSSR count). The molecule has 1 saturated heterocycles. The van der Waals surface area contributed by atoms with Crippen molar-refractivity contribution in [1.82, 2.24) is 14.9 Å². The van der Waals surface area contributed by atoms with Gasteiger partial charge < -0.3 is 19.5 Å². The molecule has 2 aromatic carbocycles. The van der Waals surface area contributed by atoms with Gasteiger partial charge >= 0.3 is 0 Å². The molecule has 31 heavy (non-hydrogen) atoms. The van der Waals surface area contributed by atoms with Crippen molar-refractivity contribution in [2.24, 2.45) is 11.8 Å². The van der Waals surface area contributed by atoms with Crippen LogP contribution < -0.4 is 9.47 Å². The van der Waals surface area contributed by atoms with Crippen molar-refractivity contribution in [1.29, 1.82) is 0 Å². The van der Waals surface area contributed by atoms with Crippen LogP contribution in [0.3, 0.4) is 0 Å². The summed E-state index contributed by atoms with van der Waals surface area (Å²) in [5.41, 5.74) is 2.10. The number of aliphatic hydroxyl groups is 1. The minimum Gasteiger partial charge on any atom is -0.493 e. The van der Waals surface area contributed by atoms with Crippen LogP contribution in [0.2, 0.25) is 0 Å². The van der Waals surface area contributed by atoms with Crippen LogP contribution in [0.5, 0.6) is 11.5 Å². The van der Waals surface area contributed by atoms with E-state index < -0.39 is 6.10 Å². The molecule has 1 saturated carbocycles. The number of aliphatic hydroxyl groups excluding tert-OH is 1. The minimum absolute atomic E-state index is 0.00126. The van der Waals surface area contributed by atoms with Gasteiger partial charge in [0.25, 0.3) is 5.91 Å². The first kappa shape index (κ1) is 19.8. The molecule has 1 N–H and O–H groups in total. The number of para-hydroxylation sites is 2. The predicted molar refractivity (Wildman–Crippen MR) is 115 cm³/mol. The smallest absolute Gasteiger partial charge is 0.253 e. The quantitative estimate of drug-likeness (QED) is 0.700. The summed E-state index contributed by atoms with van der Waals surface area (Å²) >= 11 is 0. The molecule has 0 unspecified atom stereocenters. The van der Waals surface area contributed by atoms with Crippen LogP contribution in [0, 0.1) is 11.8 Å². The molecule has 160 valence electrons. The van der Waals surface area contributed by atoms with Crippen LogP contribution in [0.25, 0.3) is 11.0 Å².